The highest BCUT2D eigenvalue weighted by molar-refractivity contribution is 5.95. The van der Waals surface area contributed by atoms with Crippen LogP contribution in [0, 0.1) is 6.92 Å². The van der Waals surface area contributed by atoms with Gasteiger partial charge in [0.05, 0.1) is 5.56 Å². The number of methoxy groups -OCH3 is 1. The topological polar surface area (TPSA) is 114 Å². The van der Waals surface area contributed by atoms with Gasteiger partial charge in [-0.2, -0.15) is 5.10 Å². The Balaban J connectivity index is 1.74. The fraction of sp³-hybridized carbons (Fsp3) is 0.471. The maximum absolute atomic E-state index is 12.9. The van der Waals surface area contributed by atoms with Gasteiger partial charge in [-0.1, -0.05) is 0 Å². The predicted octanol–water partition coefficient (Wildman–Crippen LogP) is 1.58. The molecule has 1 aliphatic heterocycles. The number of nitrogens with zero attached hydrogens (tertiary/aromatic N) is 2. The van der Waals surface area contributed by atoms with Crippen LogP contribution < -0.4 is 5.73 Å². The molecule has 2 aromatic heterocycles. The third-order valence-electron chi connectivity index (χ3n) is 4.48. The molecule has 0 radical (unpaired) electrons. The van der Waals surface area contributed by atoms with Crippen LogP contribution in [0.2, 0.25) is 0 Å². The first-order valence-corrected chi connectivity index (χ1v) is 8.22. The summed E-state index contributed by atoms with van der Waals surface area (Å²) in [6.07, 6.45) is 1.80. The summed E-state index contributed by atoms with van der Waals surface area (Å²) in [7, 11) is 1.58. The number of aromatic nitrogens is 2. The van der Waals surface area contributed by atoms with E-state index in [0.717, 1.165) is 18.5 Å². The number of aryl methyl sites for hydroxylation is 1. The van der Waals surface area contributed by atoms with Gasteiger partial charge in [0.25, 0.3) is 11.8 Å². The number of furan rings is 1. The van der Waals surface area contributed by atoms with Crippen molar-refractivity contribution < 1.29 is 18.7 Å². The molecular formula is C17H22N4O4. The van der Waals surface area contributed by atoms with Crippen molar-refractivity contribution in [1.82, 2.24) is 15.1 Å². The minimum absolute atomic E-state index is 0.0528. The summed E-state index contributed by atoms with van der Waals surface area (Å²) in [5.41, 5.74) is 6.86. The number of nitrogens with two attached hydrogens (primary N) is 1. The molecule has 0 spiro atoms. The Morgan fingerprint density at radius 1 is 1.48 bits per heavy atom. The van der Waals surface area contributed by atoms with Crippen LogP contribution in [0.15, 0.2) is 16.5 Å². The zero-order chi connectivity index (χ0) is 18.0. The van der Waals surface area contributed by atoms with Crippen LogP contribution in [-0.2, 0) is 11.3 Å². The van der Waals surface area contributed by atoms with Crippen LogP contribution >= 0.6 is 0 Å². The van der Waals surface area contributed by atoms with E-state index in [1.807, 2.05) is 4.90 Å². The lowest BCUT2D eigenvalue weighted by atomic mass is 9.94. The molecule has 1 atom stereocenters. The largest absolute Gasteiger partial charge is 0.463 e. The van der Waals surface area contributed by atoms with Crippen molar-refractivity contribution in [2.24, 2.45) is 5.73 Å². The number of carbonyl (C=O) groups excluding carboxylic acids is 2. The minimum atomic E-state index is -0.564. The van der Waals surface area contributed by atoms with Crippen molar-refractivity contribution in [2.45, 2.75) is 32.3 Å². The smallest absolute Gasteiger partial charge is 0.269 e. The molecular weight excluding hydrogens is 324 g/mol. The molecule has 0 saturated carbocycles. The standard InChI is InChI=1S/C17H22N4O4/c1-10-13(6-12(25-10)9-24-2)17(23)21-5-3-4-11(8-21)14-7-15(16(18)22)20-19-14/h6-7,11H,3-5,8-9H2,1-2H3,(H2,18,22)(H,19,20). The number of hydrogen-bond acceptors (Lipinski definition) is 5. The number of ether oxygens (including phenoxy) is 1. The number of carbonyl (C=O) groups is 2. The molecule has 25 heavy (non-hydrogen) atoms. The molecule has 0 aromatic carbocycles. The van der Waals surface area contributed by atoms with Crippen molar-refractivity contribution in [3.05, 3.63) is 40.6 Å². The molecule has 8 heteroatoms. The fourth-order valence-corrected chi connectivity index (χ4v) is 3.23. The van der Waals surface area contributed by atoms with Gasteiger partial charge >= 0.3 is 0 Å². The normalized spacial score (nSPS) is 17.7. The fourth-order valence-electron chi connectivity index (χ4n) is 3.23. The van der Waals surface area contributed by atoms with E-state index >= 15 is 0 Å². The van der Waals surface area contributed by atoms with Crippen LogP contribution in [0.25, 0.3) is 0 Å². The predicted molar refractivity (Wildman–Crippen MR) is 89.1 cm³/mol. The van der Waals surface area contributed by atoms with Gasteiger partial charge in [0, 0.05) is 31.8 Å². The third kappa shape index (κ3) is 3.58. The van der Waals surface area contributed by atoms with Gasteiger partial charge in [0.15, 0.2) is 0 Å². The molecule has 2 amide bonds. The average Bonchev–Trinajstić information content (AvgIpc) is 3.22. The highest BCUT2D eigenvalue weighted by atomic mass is 16.5. The Morgan fingerprint density at radius 2 is 2.28 bits per heavy atom. The first-order chi connectivity index (χ1) is 12.0. The number of likely N-dealkylation sites (tertiary alicyclic amines) is 1. The van der Waals surface area contributed by atoms with Crippen LogP contribution in [-0.4, -0.2) is 47.1 Å². The van der Waals surface area contributed by atoms with E-state index in [9.17, 15) is 9.59 Å². The molecule has 8 nitrogen and oxygen atoms in total. The number of piperidine rings is 1. The Bertz CT molecular complexity index is 779. The summed E-state index contributed by atoms with van der Waals surface area (Å²) in [4.78, 5) is 25.9. The second kappa shape index (κ2) is 7.10. The summed E-state index contributed by atoms with van der Waals surface area (Å²) in [6.45, 7) is 3.36. The monoisotopic (exact) mass is 346 g/mol. The van der Waals surface area contributed by atoms with Crippen molar-refractivity contribution in [3.63, 3.8) is 0 Å². The van der Waals surface area contributed by atoms with Gasteiger partial charge in [0.1, 0.15) is 23.8 Å². The molecule has 1 unspecified atom stereocenters. The summed E-state index contributed by atoms with van der Waals surface area (Å²) < 4.78 is 10.6. The average molecular weight is 346 g/mol. The van der Waals surface area contributed by atoms with E-state index in [1.54, 1.807) is 26.2 Å². The zero-order valence-corrected chi connectivity index (χ0v) is 14.4. The zero-order valence-electron chi connectivity index (χ0n) is 14.4. The van der Waals surface area contributed by atoms with E-state index in [2.05, 4.69) is 10.2 Å². The SMILES string of the molecule is COCc1cc(C(=O)N2CCCC(c3cc(C(N)=O)n[nH]3)C2)c(C)o1. The van der Waals surface area contributed by atoms with Crippen molar-refractivity contribution in [3.8, 4) is 0 Å². The highest BCUT2D eigenvalue weighted by Gasteiger charge is 2.29. The molecule has 3 N–H and O–H groups in total. The highest BCUT2D eigenvalue weighted by Crippen LogP contribution is 2.28. The maximum Gasteiger partial charge on any atom is 0.269 e. The van der Waals surface area contributed by atoms with Gasteiger partial charge in [-0.25, -0.2) is 0 Å². The number of aromatic amines is 1. The molecule has 0 bridgehead atoms. The number of rotatable bonds is 5. The Labute approximate surface area is 145 Å². The van der Waals surface area contributed by atoms with E-state index in [1.165, 1.54) is 0 Å². The van der Waals surface area contributed by atoms with Crippen molar-refractivity contribution in [1.29, 1.82) is 0 Å². The van der Waals surface area contributed by atoms with Crippen LogP contribution in [0.4, 0.5) is 0 Å². The molecule has 1 saturated heterocycles. The molecule has 2 aromatic rings. The number of hydrogen-bond donors (Lipinski definition) is 2. The van der Waals surface area contributed by atoms with E-state index in [-0.39, 0.29) is 17.5 Å². The maximum atomic E-state index is 12.9. The van der Waals surface area contributed by atoms with Crippen LogP contribution in [0.5, 0.6) is 0 Å². The lowest BCUT2D eigenvalue weighted by Crippen LogP contribution is -2.39. The summed E-state index contributed by atoms with van der Waals surface area (Å²) in [5, 5.41) is 6.79. The quantitative estimate of drug-likeness (QED) is 0.853. The van der Waals surface area contributed by atoms with Gasteiger partial charge in [-0.15, -0.1) is 0 Å². The third-order valence-corrected chi connectivity index (χ3v) is 4.48. The number of amides is 2. The minimum Gasteiger partial charge on any atom is -0.463 e. The lowest BCUT2D eigenvalue weighted by molar-refractivity contribution is 0.0704. The van der Waals surface area contributed by atoms with Gasteiger partial charge in [-0.05, 0) is 31.9 Å². The Hall–Kier alpha value is -2.61. The molecule has 1 fully saturated rings. The van der Waals surface area contributed by atoms with Gasteiger partial charge < -0.3 is 19.8 Å². The molecule has 0 aliphatic carbocycles. The van der Waals surface area contributed by atoms with E-state index in [0.29, 0.717) is 36.8 Å². The second-order valence-corrected chi connectivity index (χ2v) is 6.28. The lowest BCUT2D eigenvalue weighted by Gasteiger charge is -2.32. The van der Waals surface area contributed by atoms with Gasteiger partial charge in [-0.3, -0.25) is 14.7 Å². The van der Waals surface area contributed by atoms with Crippen molar-refractivity contribution in [2.75, 3.05) is 20.2 Å². The first kappa shape index (κ1) is 17.2. The Morgan fingerprint density at radius 3 is 2.96 bits per heavy atom. The van der Waals surface area contributed by atoms with Crippen LogP contribution in [0.3, 0.4) is 0 Å². The molecule has 3 heterocycles. The summed E-state index contributed by atoms with van der Waals surface area (Å²) in [5.74, 6) is 0.714. The van der Waals surface area contributed by atoms with Crippen LogP contribution in [0.1, 0.15) is 56.8 Å². The number of H-pyrrole nitrogens is 1. The molecule has 134 valence electrons. The number of nitrogens with one attached hydrogen (secondary N) is 1. The summed E-state index contributed by atoms with van der Waals surface area (Å²) in [6, 6.07) is 3.41. The Kier molecular flexibility index (Phi) is 4.89. The van der Waals surface area contributed by atoms with Crippen molar-refractivity contribution >= 4 is 11.8 Å². The van der Waals surface area contributed by atoms with Gasteiger partial charge in [0.2, 0.25) is 0 Å². The molecule has 1 aliphatic rings. The van der Waals surface area contributed by atoms with E-state index < -0.39 is 5.91 Å². The number of primary amides is 1. The second-order valence-electron chi connectivity index (χ2n) is 6.28. The summed E-state index contributed by atoms with van der Waals surface area (Å²) >= 11 is 0. The first-order valence-electron chi connectivity index (χ1n) is 8.22. The molecule has 3 rings (SSSR count). The van der Waals surface area contributed by atoms with E-state index in [4.69, 9.17) is 14.9 Å².